The lowest BCUT2D eigenvalue weighted by Gasteiger charge is -2.05. The number of nitrogens with zero attached hydrogens (tertiary/aromatic N) is 2. The Morgan fingerprint density at radius 3 is 2.89 bits per heavy atom. The number of fused-ring (bicyclic) bond motifs is 1. The summed E-state index contributed by atoms with van der Waals surface area (Å²) >= 11 is 5.76. The largest absolute Gasteiger partial charge is 0.464 e. The number of furan rings is 1. The van der Waals surface area contributed by atoms with Crippen molar-refractivity contribution in [1.29, 1.82) is 0 Å². The van der Waals surface area contributed by atoms with E-state index in [-0.39, 0.29) is 5.22 Å². The second kappa shape index (κ2) is 4.44. The molecule has 3 heterocycles. The van der Waals surface area contributed by atoms with Crippen LogP contribution in [0.3, 0.4) is 0 Å². The smallest absolute Gasteiger partial charge is 0.355 e. The van der Waals surface area contributed by atoms with Crippen LogP contribution in [-0.2, 0) is 4.74 Å². The molecule has 0 unspecified atom stereocenters. The van der Waals surface area contributed by atoms with Crippen molar-refractivity contribution in [3.05, 3.63) is 47.4 Å². The highest BCUT2D eigenvalue weighted by atomic mass is 35.5. The summed E-state index contributed by atoms with van der Waals surface area (Å²) in [6, 6.07) is 8.59. The van der Waals surface area contributed by atoms with E-state index in [2.05, 4.69) is 4.98 Å². The average Bonchev–Trinajstić information content (AvgIpc) is 3.03. The monoisotopic (exact) mass is 276 g/mol. The number of carbonyl (C=O) groups excluding carboxylic acids is 1. The van der Waals surface area contributed by atoms with E-state index >= 15 is 0 Å². The van der Waals surface area contributed by atoms with E-state index in [9.17, 15) is 4.79 Å². The standard InChI is InChI=1S/C13H9ClN2O3/c1-18-13(17)9-4-2-3-8-7-15-12(16(8)9)10-5-6-11(14)19-10/h2-7H,1H3. The summed E-state index contributed by atoms with van der Waals surface area (Å²) in [5, 5.41) is 0.266. The Hall–Kier alpha value is -2.27. The number of aromatic nitrogens is 2. The van der Waals surface area contributed by atoms with Crippen LogP contribution in [0.5, 0.6) is 0 Å². The van der Waals surface area contributed by atoms with Gasteiger partial charge >= 0.3 is 5.97 Å². The lowest BCUT2D eigenvalue weighted by molar-refractivity contribution is 0.0592. The van der Waals surface area contributed by atoms with E-state index in [1.165, 1.54) is 7.11 Å². The third kappa shape index (κ3) is 1.88. The number of hydrogen-bond acceptors (Lipinski definition) is 4. The molecule has 0 amide bonds. The molecule has 0 aliphatic heterocycles. The number of methoxy groups -OCH3 is 1. The Kier molecular flexibility index (Phi) is 2.76. The van der Waals surface area contributed by atoms with Gasteiger partial charge in [-0.2, -0.15) is 0 Å². The van der Waals surface area contributed by atoms with E-state index in [1.807, 2.05) is 6.07 Å². The zero-order chi connectivity index (χ0) is 13.4. The number of rotatable bonds is 2. The number of hydrogen-bond donors (Lipinski definition) is 0. The summed E-state index contributed by atoms with van der Waals surface area (Å²) in [6.45, 7) is 0. The summed E-state index contributed by atoms with van der Waals surface area (Å²) in [5.41, 5.74) is 1.14. The molecule has 19 heavy (non-hydrogen) atoms. The first-order valence-electron chi connectivity index (χ1n) is 5.51. The minimum absolute atomic E-state index is 0.266. The number of ether oxygens (including phenoxy) is 1. The molecule has 6 heteroatoms. The third-order valence-corrected chi connectivity index (χ3v) is 2.94. The van der Waals surface area contributed by atoms with Gasteiger partial charge in [0.05, 0.1) is 18.8 Å². The van der Waals surface area contributed by atoms with Crippen molar-refractivity contribution in [2.45, 2.75) is 0 Å². The Labute approximate surface area is 113 Å². The highest BCUT2D eigenvalue weighted by Gasteiger charge is 2.17. The van der Waals surface area contributed by atoms with Crippen LogP contribution in [0.25, 0.3) is 17.1 Å². The molecule has 96 valence electrons. The SMILES string of the molecule is COC(=O)c1cccc2cnc(-c3ccc(Cl)o3)n12. The van der Waals surface area contributed by atoms with Crippen molar-refractivity contribution < 1.29 is 13.9 Å². The topological polar surface area (TPSA) is 56.7 Å². The predicted octanol–water partition coefficient (Wildman–Crippen LogP) is 3.03. The lowest BCUT2D eigenvalue weighted by atomic mass is 10.3. The molecule has 0 radical (unpaired) electrons. The molecule has 0 spiro atoms. The van der Waals surface area contributed by atoms with Crippen LogP contribution in [-0.4, -0.2) is 22.5 Å². The Balaban J connectivity index is 2.29. The molecule has 0 aliphatic carbocycles. The van der Waals surface area contributed by atoms with Crippen molar-refractivity contribution in [2.24, 2.45) is 0 Å². The first-order valence-corrected chi connectivity index (χ1v) is 5.89. The van der Waals surface area contributed by atoms with Gasteiger partial charge in [-0.05, 0) is 35.9 Å². The van der Waals surface area contributed by atoms with E-state index in [1.54, 1.807) is 34.9 Å². The molecule has 0 N–H and O–H groups in total. The summed E-state index contributed by atoms with van der Waals surface area (Å²) < 4.78 is 11.8. The van der Waals surface area contributed by atoms with Gasteiger partial charge in [0, 0.05) is 0 Å². The summed E-state index contributed by atoms with van der Waals surface area (Å²) in [4.78, 5) is 16.0. The molecule has 3 rings (SSSR count). The van der Waals surface area contributed by atoms with Gasteiger partial charge in [-0.25, -0.2) is 9.78 Å². The van der Waals surface area contributed by atoms with Crippen LogP contribution in [0.15, 0.2) is 40.9 Å². The van der Waals surface area contributed by atoms with Crippen LogP contribution in [0.2, 0.25) is 5.22 Å². The molecule has 3 aromatic rings. The summed E-state index contributed by atoms with van der Waals surface area (Å²) in [6.07, 6.45) is 1.65. The number of halogens is 1. The number of carbonyl (C=O) groups is 1. The third-order valence-electron chi connectivity index (χ3n) is 2.74. The fraction of sp³-hybridized carbons (Fsp3) is 0.0769. The average molecular weight is 277 g/mol. The van der Waals surface area contributed by atoms with Crippen molar-refractivity contribution in [1.82, 2.24) is 9.38 Å². The van der Waals surface area contributed by atoms with Crippen LogP contribution in [0.4, 0.5) is 0 Å². The number of pyridine rings is 1. The van der Waals surface area contributed by atoms with Crippen LogP contribution >= 0.6 is 11.6 Å². The summed E-state index contributed by atoms with van der Waals surface area (Å²) in [5.74, 6) is 0.548. The molecule has 0 aliphatic rings. The molecule has 0 atom stereocenters. The molecular formula is C13H9ClN2O3. The van der Waals surface area contributed by atoms with Crippen LogP contribution in [0, 0.1) is 0 Å². The Bertz CT molecular complexity index is 760. The molecular weight excluding hydrogens is 268 g/mol. The van der Waals surface area contributed by atoms with Gasteiger partial charge in [0.1, 0.15) is 5.69 Å². The van der Waals surface area contributed by atoms with Gasteiger partial charge in [-0.1, -0.05) is 6.07 Å². The van der Waals surface area contributed by atoms with Gasteiger partial charge in [0.25, 0.3) is 0 Å². The minimum atomic E-state index is -0.442. The summed E-state index contributed by atoms with van der Waals surface area (Å²) in [7, 11) is 1.33. The number of esters is 1. The van der Waals surface area contributed by atoms with Gasteiger partial charge < -0.3 is 9.15 Å². The molecule has 0 aromatic carbocycles. The highest BCUT2D eigenvalue weighted by Crippen LogP contribution is 2.25. The van der Waals surface area contributed by atoms with Crippen molar-refractivity contribution in [2.75, 3.05) is 7.11 Å². The Morgan fingerprint density at radius 2 is 2.21 bits per heavy atom. The van der Waals surface area contributed by atoms with Crippen molar-refractivity contribution in [3.8, 4) is 11.6 Å². The molecule has 0 saturated heterocycles. The first kappa shape index (κ1) is 11.8. The van der Waals surface area contributed by atoms with Crippen molar-refractivity contribution >= 4 is 23.1 Å². The fourth-order valence-electron chi connectivity index (χ4n) is 1.92. The van der Waals surface area contributed by atoms with Gasteiger partial charge in [-0.3, -0.25) is 4.40 Å². The zero-order valence-electron chi connectivity index (χ0n) is 9.96. The molecule has 0 saturated carbocycles. The normalized spacial score (nSPS) is 10.8. The van der Waals surface area contributed by atoms with Gasteiger partial charge in [-0.15, -0.1) is 0 Å². The van der Waals surface area contributed by atoms with Gasteiger partial charge in [0.2, 0.25) is 0 Å². The van der Waals surface area contributed by atoms with Crippen LogP contribution < -0.4 is 0 Å². The second-order valence-electron chi connectivity index (χ2n) is 3.85. The second-order valence-corrected chi connectivity index (χ2v) is 4.22. The highest BCUT2D eigenvalue weighted by molar-refractivity contribution is 6.28. The molecule has 3 aromatic heterocycles. The molecule has 0 bridgehead atoms. The van der Waals surface area contributed by atoms with Gasteiger partial charge in [0.15, 0.2) is 16.8 Å². The van der Waals surface area contributed by atoms with Crippen molar-refractivity contribution in [3.63, 3.8) is 0 Å². The maximum Gasteiger partial charge on any atom is 0.355 e. The van der Waals surface area contributed by atoms with E-state index < -0.39 is 5.97 Å². The Morgan fingerprint density at radius 1 is 1.37 bits per heavy atom. The molecule has 0 fully saturated rings. The lowest BCUT2D eigenvalue weighted by Crippen LogP contribution is -2.08. The predicted molar refractivity (Wildman–Crippen MR) is 69.2 cm³/mol. The maximum atomic E-state index is 11.8. The number of imidazole rings is 1. The van der Waals surface area contributed by atoms with E-state index in [0.29, 0.717) is 17.3 Å². The van der Waals surface area contributed by atoms with Crippen LogP contribution in [0.1, 0.15) is 10.5 Å². The zero-order valence-corrected chi connectivity index (χ0v) is 10.7. The maximum absolute atomic E-state index is 11.8. The minimum Gasteiger partial charge on any atom is -0.464 e. The first-order chi connectivity index (χ1) is 9.20. The van der Waals surface area contributed by atoms with E-state index in [0.717, 1.165) is 5.52 Å². The van der Waals surface area contributed by atoms with E-state index in [4.69, 9.17) is 20.8 Å². The molecule has 5 nitrogen and oxygen atoms in total. The fourth-order valence-corrected chi connectivity index (χ4v) is 2.07. The quantitative estimate of drug-likeness (QED) is 0.675.